The summed E-state index contributed by atoms with van der Waals surface area (Å²) in [6.07, 6.45) is 3.59. The number of ether oxygens (including phenoxy) is 3. The van der Waals surface area contributed by atoms with Crippen LogP contribution in [0, 0.1) is 11.3 Å². The van der Waals surface area contributed by atoms with Crippen molar-refractivity contribution < 1.29 is 14.2 Å². The largest absolute Gasteiger partial charge is 0.493 e. The van der Waals surface area contributed by atoms with Gasteiger partial charge in [0.05, 0.1) is 43.7 Å². The molecule has 1 aromatic heterocycles. The number of anilines is 1. The first-order chi connectivity index (χ1) is 16.8. The Morgan fingerprint density at radius 2 is 2.00 bits per heavy atom. The van der Waals surface area contributed by atoms with Crippen LogP contribution in [0.4, 0.5) is 5.69 Å². The number of rotatable bonds is 9. The van der Waals surface area contributed by atoms with Crippen molar-refractivity contribution in [1.82, 2.24) is 9.88 Å². The van der Waals surface area contributed by atoms with E-state index in [1.54, 1.807) is 13.3 Å². The van der Waals surface area contributed by atoms with Crippen molar-refractivity contribution in [2.24, 2.45) is 0 Å². The summed E-state index contributed by atoms with van der Waals surface area (Å²) in [5.41, 5.74) is 3.45. The van der Waals surface area contributed by atoms with E-state index in [-0.39, 0.29) is 0 Å². The normalized spacial score (nSPS) is 20.0. The minimum absolute atomic E-state index is 0.292. The fourth-order valence-electron chi connectivity index (χ4n) is 4.62. The molecule has 3 aromatic rings. The third-order valence-electron chi connectivity index (χ3n) is 6.60. The molecule has 0 radical (unpaired) electrons. The number of morpholine rings is 1. The van der Waals surface area contributed by atoms with E-state index in [2.05, 4.69) is 45.5 Å². The van der Waals surface area contributed by atoms with Gasteiger partial charge in [0.2, 0.25) is 0 Å². The molecule has 0 unspecified atom stereocenters. The maximum Gasteiger partial charge on any atom is 0.162 e. The van der Waals surface area contributed by atoms with Gasteiger partial charge >= 0.3 is 0 Å². The molecule has 2 aliphatic rings. The van der Waals surface area contributed by atoms with Gasteiger partial charge in [0, 0.05) is 49.2 Å². The molecule has 1 aliphatic carbocycles. The predicted molar refractivity (Wildman–Crippen MR) is 132 cm³/mol. The van der Waals surface area contributed by atoms with Gasteiger partial charge in [0.1, 0.15) is 6.07 Å². The second-order valence-electron chi connectivity index (χ2n) is 8.84. The molecule has 0 amide bonds. The fraction of sp³-hybridized carbons (Fsp3) is 0.407. The molecule has 1 aliphatic heterocycles. The fourth-order valence-corrected chi connectivity index (χ4v) is 4.62. The molecular weight excluding hydrogens is 428 g/mol. The second-order valence-corrected chi connectivity index (χ2v) is 8.84. The first-order valence-corrected chi connectivity index (χ1v) is 11.9. The van der Waals surface area contributed by atoms with Crippen LogP contribution in [0.1, 0.15) is 29.9 Å². The molecule has 176 valence electrons. The van der Waals surface area contributed by atoms with Crippen molar-refractivity contribution in [3.05, 3.63) is 59.8 Å². The number of benzene rings is 2. The molecule has 7 heteroatoms. The number of nitrogens with one attached hydrogen (secondary N) is 1. The van der Waals surface area contributed by atoms with Crippen molar-refractivity contribution >= 4 is 16.6 Å². The van der Waals surface area contributed by atoms with Crippen LogP contribution < -0.4 is 14.8 Å². The zero-order chi connectivity index (χ0) is 23.3. The molecule has 2 fully saturated rings. The lowest BCUT2D eigenvalue weighted by molar-refractivity contribution is 0.0357. The van der Waals surface area contributed by atoms with Gasteiger partial charge in [0.25, 0.3) is 0 Å². The first kappa shape index (κ1) is 22.5. The van der Waals surface area contributed by atoms with E-state index in [4.69, 9.17) is 14.2 Å². The number of methoxy groups -OCH3 is 1. The summed E-state index contributed by atoms with van der Waals surface area (Å²) in [7, 11) is 1.64. The predicted octanol–water partition coefficient (Wildman–Crippen LogP) is 4.18. The molecule has 1 saturated heterocycles. The molecule has 2 atom stereocenters. The van der Waals surface area contributed by atoms with Crippen LogP contribution in [-0.2, 0) is 4.74 Å². The van der Waals surface area contributed by atoms with Crippen molar-refractivity contribution in [1.29, 1.82) is 5.26 Å². The third kappa shape index (κ3) is 4.93. The van der Waals surface area contributed by atoms with E-state index in [0.29, 0.717) is 35.6 Å². The molecule has 5 rings (SSSR count). The molecule has 34 heavy (non-hydrogen) atoms. The molecule has 2 aromatic carbocycles. The SMILES string of the molecule is COc1cc2ncc(C#N)c(N[C@@H]3C[C@H]3c3ccccc3)c2cc1OCCCN1CCOCC1. The molecular formula is C27H30N4O3. The highest BCUT2D eigenvalue weighted by molar-refractivity contribution is 5.96. The Morgan fingerprint density at radius 3 is 2.76 bits per heavy atom. The maximum atomic E-state index is 9.76. The van der Waals surface area contributed by atoms with Gasteiger partial charge in [-0.15, -0.1) is 0 Å². The molecule has 7 nitrogen and oxygen atoms in total. The zero-order valence-electron chi connectivity index (χ0n) is 19.5. The topological polar surface area (TPSA) is 79.6 Å². The van der Waals surface area contributed by atoms with Crippen molar-refractivity contribution in [3.63, 3.8) is 0 Å². The number of nitrogens with zero attached hydrogens (tertiary/aromatic N) is 3. The summed E-state index contributed by atoms with van der Waals surface area (Å²) in [6.45, 7) is 5.12. The Bertz CT molecular complexity index is 1170. The Morgan fingerprint density at radius 1 is 1.18 bits per heavy atom. The zero-order valence-corrected chi connectivity index (χ0v) is 19.5. The summed E-state index contributed by atoms with van der Waals surface area (Å²) < 4.78 is 17.1. The van der Waals surface area contributed by atoms with E-state index < -0.39 is 0 Å². The highest BCUT2D eigenvalue weighted by Gasteiger charge is 2.39. The molecule has 1 saturated carbocycles. The van der Waals surface area contributed by atoms with Crippen LogP contribution in [0.3, 0.4) is 0 Å². The first-order valence-electron chi connectivity index (χ1n) is 11.9. The van der Waals surface area contributed by atoms with E-state index in [9.17, 15) is 5.26 Å². The van der Waals surface area contributed by atoms with Gasteiger partial charge in [-0.25, -0.2) is 0 Å². The average molecular weight is 459 g/mol. The van der Waals surface area contributed by atoms with Crippen LogP contribution in [0.5, 0.6) is 11.5 Å². The number of pyridine rings is 1. The van der Waals surface area contributed by atoms with E-state index >= 15 is 0 Å². The van der Waals surface area contributed by atoms with Gasteiger partial charge in [-0.3, -0.25) is 9.88 Å². The smallest absolute Gasteiger partial charge is 0.162 e. The van der Waals surface area contributed by atoms with Crippen LogP contribution in [0.15, 0.2) is 48.7 Å². The van der Waals surface area contributed by atoms with Gasteiger partial charge in [-0.1, -0.05) is 30.3 Å². The van der Waals surface area contributed by atoms with Crippen molar-refractivity contribution in [2.45, 2.75) is 24.8 Å². The highest BCUT2D eigenvalue weighted by Crippen LogP contribution is 2.45. The number of aromatic nitrogens is 1. The van der Waals surface area contributed by atoms with Crippen LogP contribution >= 0.6 is 0 Å². The lowest BCUT2D eigenvalue weighted by Crippen LogP contribution is -2.37. The Hall–Kier alpha value is -3.34. The summed E-state index contributed by atoms with van der Waals surface area (Å²) >= 11 is 0. The Balaban J connectivity index is 1.34. The number of fused-ring (bicyclic) bond motifs is 1. The maximum absolute atomic E-state index is 9.76. The van der Waals surface area contributed by atoms with Crippen LogP contribution in [0.2, 0.25) is 0 Å². The average Bonchev–Trinajstić information content (AvgIpc) is 3.67. The number of hydrogen-bond donors (Lipinski definition) is 1. The van der Waals surface area contributed by atoms with Gasteiger partial charge in [-0.05, 0) is 24.5 Å². The highest BCUT2D eigenvalue weighted by atomic mass is 16.5. The summed E-state index contributed by atoms with van der Waals surface area (Å²) in [4.78, 5) is 6.91. The second kappa shape index (κ2) is 10.3. The van der Waals surface area contributed by atoms with E-state index in [1.807, 2.05) is 18.2 Å². The minimum Gasteiger partial charge on any atom is -0.493 e. The summed E-state index contributed by atoms with van der Waals surface area (Å²) in [5, 5.41) is 14.3. The Labute approximate surface area is 200 Å². The standard InChI is InChI=1S/C27H30N4O3/c1-32-25-16-23-22(15-26(25)34-11-5-8-31-9-12-33-13-10-31)27(20(17-28)18-29-23)30-24-14-21(24)19-6-3-2-4-7-19/h2-4,6-7,15-16,18,21,24H,5,8-14H2,1H3,(H,29,30)/t21-,24+/m0/s1. The molecule has 0 spiro atoms. The summed E-state index contributed by atoms with van der Waals surface area (Å²) in [6, 6.07) is 16.9. The Kier molecular flexibility index (Phi) is 6.79. The monoisotopic (exact) mass is 458 g/mol. The molecule has 2 heterocycles. The van der Waals surface area contributed by atoms with Gasteiger partial charge < -0.3 is 19.5 Å². The summed E-state index contributed by atoms with van der Waals surface area (Å²) in [5.74, 6) is 1.77. The van der Waals surface area contributed by atoms with E-state index in [1.165, 1.54) is 5.56 Å². The third-order valence-corrected chi connectivity index (χ3v) is 6.60. The number of nitriles is 1. The molecule has 0 bridgehead atoms. The quantitative estimate of drug-likeness (QED) is 0.482. The van der Waals surface area contributed by atoms with Crippen LogP contribution in [0.25, 0.3) is 10.9 Å². The lowest BCUT2D eigenvalue weighted by Gasteiger charge is -2.26. The lowest BCUT2D eigenvalue weighted by atomic mass is 10.1. The molecule has 1 N–H and O–H groups in total. The van der Waals surface area contributed by atoms with Crippen molar-refractivity contribution in [3.8, 4) is 17.6 Å². The van der Waals surface area contributed by atoms with Gasteiger partial charge in [0.15, 0.2) is 11.5 Å². The van der Waals surface area contributed by atoms with Crippen LogP contribution in [-0.4, -0.2) is 62.5 Å². The minimum atomic E-state index is 0.292. The van der Waals surface area contributed by atoms with E-state index in [0.717, 1.165) is 62.3 Å². The van der Waals surface area contributed by atoms with Crippen molar-refractivity contribution in [2.75, 3.05) is 51.9 Å². The number of hydrogen-bond acceptors (Lipinski definition) is 7. The van der Waals surface area contributed by atoms with Gasteiger partial charge in [-0.2, -0.15) is 5.26 Å².